The van der Waals surface area contributed by atoms with Crippen molar-refractivity contribution in [2.75, 3.05) is 13.7 Å². The first-order valence-electron chi connectivity index (χ1n) is 13.4. The monoisotopic (exact) mass is 437 g/mol. The summed E-state index contributed by atoms with van der Waals surface area (Å²) in [6.45, 7) is 10.7. The number of aryl methyl sites for hydroxylation is 1. The molecule has 10 atom stereocenters. The van der Waals surface area contributed by atoms with Gasteiger partial charge in [-0.05, 0) is 116 Å². The van der Waals surface area contributed by atoms with Gasteiger partial charge in [0.2, 0.25) is 5.88 Å². The number of methoxy groups -OCH3 is 1. The van der Waals surface area contributed by atoms with Gasteiger partial charge < -0.3 is 9.47 Å². The van der Waals surface area contributed by atoms with E-state index >= 15 is 0 Å². The highest BCUT2D eigenvalue weighted by Gasteiger charge is 2.77. The van der Waals surface area contributed by atoms with Crippen LogP contribution in [0.1, 0.15) is 77.7 Å². The van der Waals surface area contributed by atoms with E-state index in [1.54, 1.807) is 0 Å². The Morgan fingerprint density at radius 2 is 1.97 bits per heavy atom. The first-order chi connectivity index (χ1) is 15.3. The molecule has 2 unspecified atom stereocenters. The van der Waals surface area contributed by atoms with Gasteiger partial charge in [0.15, 0.2) is 0 Å². The molecule has 176 valence electrons. The summed E-state index contributed by atoms with van der Waals surface area (Å²) in [5, 5.41) is 0. The minimum Gasteiger partial charge on any atom is -0.477 e. The van der Waals surface area contributed by atoms with E-state index < -0.39 is 0 Å². The zero-order chi connectivity index (χ0) is 22.3. The second-order valence-corrected chi connectivity index (χ2v) is 12.9. The molecule has 6 rings (SSSR count). The van der Waals surface area contributed by atoms with Gasteiger partial charge in [0, 0.05) is 24.8 Å². The van der Waals surface area contributed by atoms with Crippen molar-refractivity contribution >= 4 is 0 Å². The molecule has 1 spiro atoms. The van der Waals surface area contributed by atoms with Crippen molar-refractivity contribution in [3.63, 3.8) is 0 Å². The number of rotatable bonds is 5. The summed E-state index contributed by atoms with van der Waals surface area (Å²) in [6.07, 6.45) is 13.7. The Kier molecular flexibility index (Phi) is 4.83. The average molecular weight is 438 g/mol. The number of hydrogen-bond acceptors (Lipinski definition) is 3. The molecule has 0 aliphatic heterocycles. The molecule has 0 radical (unpaired) electrons. The van der Waals surface area contributed by atoms with Gasteiger partial charge in [0.1, 0.15) is 0 Å². The highest BCUT2D eigenvalue weighted by molar-refractivity contribution is 5.26. The third kappa shape index (κ3) is 2.72. The molecule has 0 amide bonds. The molecule has 1 aromatic heterocycles. The molecule has 5 aliphatic rings. The highest BCUT2D eigenvalue weighted by Crippen LogP contribution is 2.82. The molecule has 5 aliphatic carbocycles. The number of hydrogen-bond donors (Lipinski definition) is 0. The highest BCUT2D eigenvalue weighted by atomic mass is 16.5. The summed E-state index contributed by atoms with van der Waals surface area (Å²) in [7, 11) is 2.01. The molecule has 1 heterocycles. The standard InChI is InChI=1S/C29H43NO2/c1-18-10-13-30-26(14-18)32-17-19(2)22-6-7-23-21-15-25(31-5)29-16-20(29)8-12-28(29,4)24(21)9-11-27(22,23)3/h10,13-14,19-25H,6-9,11-12,15-17H2,1-5H3/t19?,20-,21+,22-,23+,24+,25?,27-,28-,29-/m1/s1. The van der Waals surface area contributed by atoms with Crippen molar-refractivity contribution in [2.24, 2.45) is 51.8 Å². The molecule has 32 heavy (non-hydrogen) atoms. The second-order valence-electron chi connectivity index (χ2n) is 12.9. The largest absolute Gasteiger partial charge is 0.477 e. The number of aromatic nitrogens is 1. The molecule has 3 heteroatoms. The SMILES string of the molecule is COC1C[C@H]2[C@@H]3CC[C@H](C(C)COc4cc(C)ccn4)[C@@]3(C)CC[C@@H]2[C@@]2(C)CC[C@@H]3C[C@]132. The fourth-order valence-corrected chi connectivity index (χ4v) is 10.5. The topological polar surface area (TPSA) is 31.4 Å². The van der Waals surface area contributed by atoms with E-state index in [0.717, 1.165) is 42.1 Å². The summed E-state index contributed by atoms with van der Waals surface area (Å²) in [5.74, 6) is 5.76. The van der Waals surface area contributed by atoms with Crippen LogP contribution in [-0.4, -0.2) is 24.8 Å². The Hall–Kier alpha value is -1.09. The Bertz CT molecular complexity index is 886. The number of pyridine rings is 1. The van der Waals surface area contributed by atoms with Crippen LogP contribution < -0.4 is 4.74 Å². The minimum absolute atomic E-state index is 0.463. The predicted molar refractivity (Wildman–Crippen MR) is 127 cm³/mol. The Morgan fingerprint density at radius 1 is 1.12 bits per heavy atom. The molecule has 5 fully saturated rings. The smallest absolute Gasteiger partial charge is 0.213 e. The van der Waals surface area contributed by atoms with Gasteiger partial charge in [-0.2, -0.15) is 0 Å². The second kappa shape index (κ2) is 7.20. The van der Waals surface area contributed by atoms with E-state index in [9.17, 15) is 0 Å². The quantitative estimate of drug-likeness (QED) is 0.514. The van der Waals surface area contributed by atoms with Crippen molar-refractivity contribution < 1.29 is 9.47 Å². The van der Waals surface area contributed by atoms with Crippen LogP contribution in [0.3, 0.4) is 0 Å². The molecule has 0 bridgehead atoms. The van der Waals surface area contributed by atoms with Crippen LogP contribution in [0.5, 0.6) is 5.88 Å². The normalized spacial score (nSPS) is 49.5. The molecule has 0 N–H and O–H groups in total. The van der Waals surface area contributed by atoms with E-state index in [1.807, 2.05) is 19.4 Å². The molecule has 5 saturated carbocycles. The third-order valence-electron chi connectivity index (χ3n) is 12.0. The maximum absolute atomic E-state index is 6.29. The molecular formula is C29H43NO2. The zero-order valence-corrected chi connectivity index (χ0v) is 20.9. The van der Waals surface area contributed by atoms with Crippen LogP contribution >= 0.6 is 0 Å². The lowest BCUT2D eigenvalue weighted by atomic mass is 9.45. The molecule has 3 nitrogen and oxygen atoms in total. The van der Waals surface area contributed by atoms with Gasteiger partial charge in [-0.1, -0.05) is 20.8 Å². The van der Waals surface area contributed by atoms with Gasteiger partial charge in [-0.25, -0.2) is 4.98 Å². The maximum atomic E-state index is 6.29. The fourth-order valence-electron chi connectivity index (χ4n) is 10.5. The van der Waals surface area contributed by atoms with E-state index in [2.05, 4.69) is 38.7 Å². The van der Waals surface area contributed by atoms with Crippen LogP contribution in [0.25, 0.3) is 0 Å². The Balaban J connectivity index is 1.21. The number of fused-ring (bicyclic) bond motifs is 4. The van der Waals surface area contributed by atoms with Crippen molar-refractivity contribution in [3.05, 3.63) is 23.9 Å². The lowest BCUT2D eigenvalue weighted by Gasteiger charge is -2.61. The van der Waals surface area contributed by atoms with Gasteiger partial charge in [-0.3, -0.25) is 0 Å². The number of nitrogens with zero attached hydrogens (tertiary/aromatic N) is 1. The minimum atomic E-state index is 0.463. The maximum Gasteiger partial charge on any atom is 0.213 e. The van der Waals surface area contributed by atoms with Crippen molar-refractivity contribution in [2.45, 2.75) is 85.2 Å². The van der Waals surface area contributed by atoms with Crippen LogP contribution in [-0.2, 0) is 4.74 Å². The molecule has 0 saturated heterocycles. The van der Waals surface area contributed by atoms with E-state index in [0.29, 0.717) is 28.3 Å². The Labute approximate surface area is 195 Å². The lowest BCUT2D eigenvalue weighted by Crippen LogP contribution is -2.57. The van der Waals surface area contributed by atoms with E-state index in [1.165, 1.54) is 56.9 Å². The van der Waals surface area contributed by atoms with Crippen LogP contribution in [0, 0.1) is 58.7 Å². The van der Waals surface area contributed by atoms with Crippen LogP contribution in [0.15, 0.2) is 18.3 Å². The molecular weight excluding hydrogens is 394 g/mol. The lowest BCUT2D eigenvalue weighted by molar-refractivity contribution is -0.161. The van der Waals surface area contributed by atoms with E-state index in [-0.39, 0.29) is 0 Å². The summed E-state index contributed by atoms with van der Waals surface area (Å²) in [4.78, 5) is 4.42. The van der Waals surface area contributed by atoms with Gasteiger partial charge in [0.25, 0.3) is 0 Å². The van der Waals surface area contributed by atoms with Crippen LogP contribution in [0.4, 0.5) is 0 Å². The molecule has 1 aromatic rings. The third-order valence-corrected chi connectivity index (χ3v) is 12.0. The summed E-state index contributed by atoms with van der Waals surface area (Å²) < 4.78 is 12.5. The van der Waals surface area contributed by atoms with Crippen molar-refractivity contribution in [1.29, 1.82) is 0 Å². The first-order valence-corrected chi connectivity index (χ1v) is 13.4. The van der Waals surface area contributed by atoms with Crippen LogP contribution in [0.2, 0.25) is 0 Å². The molecule has 0 aromatic carbocycles. The average Bonchev–Trinajstić information content (AvgIpc) is 3.28. The summed E-state index contributed by atoms with van der Waals surface area (Å²) in [5.41, 5.74) is 2.75. The zero-order valence-electron chi connectivity index (χ0n) is 20.9. The fraction of sp³-hybridized carbons (Fsp3) is 0.828. The van der Waals surface area contributed by atoms with Crippen molar-refractivity contribution in [3.8, 4) is 5.88 Å². The summed E-state index contributed by atoms with van der Waals surface area (Å²) >= 11 is 0. The van der Waals surface area contributed by atoms with Gasteiger partial charge in [0.05, 0.1) is 12.7 Å². The van der Waals surface area contributed by atoms with Gasteiger partial charge >= 0.3 is 0 Å². The van der Waals surface area contributed by atoms with Gasteiger partial charge in [-0.15, -0.1) is 0 Å². The summed E-state index contributed by atoms with van der Waals surface area (Å²) in [6, 6.07) is 4.10. The first kappa shape index (κ1) is 21.4. The number of ether oxygens (including phenoxy) is 2. The Morgan fingerprint density at radius 3 is 2.72 bits per heavy atom. The van der Waals surface area contributed by atoms with Crippen molar-refractivity contribution in [1.82, 2.24) is 4.98 Å². The van der Waals surface area contributed by atoms with E-state index in [4.69, 9.17) is 9.47 Å². The predicted octanol–water partition coefficient (Wildman–Crippen LogP) is 6.69.